The Morgan fingerprint density at radius 3 is 2.19 bits per heavy atom. The van der Waals surface area contributed by atoms with Gasteiger partial charge in [-0.15, -0.1) is 0 Å². The predicted octanol–water partition coefficient (Wildman–Crippen LogP) is 1.54. The van der Waals surface area contributed by atoms with Gasteiger partial charge in [-0.1, -0.05) is 18.2 Å². The van der Waals surface area contributed by atoms with Crippen LogP contribution in [0.1, 0.15) is 61.3 Å². The molecule has 2 saturated heterocycles. The highest BCUT2D eigenvalue weighted by molar-refractivity contribution is 6.65. The molecule has 9 heteroatoms. The minimum Gasteiger partial charge on any atom is -0.399 e. The van der Waals surface area contributed by atoms with Gasteiger partial charge in [0.05, 0.1) is 11.2 Å². The largest absolute Gasteiger partial charge is 0.495 e. The summed E-state index contributed by atoms with van der Waals surface area (Å²) in [5, 5.41) is 3.44. The van der Waals surface area contributed by atoms with Crippen LogP contribution in [0.2, 0.25) is 0 Å². The van der Waals surface area contributed by atoms with Crippen molar-refractivity contribution in [1.29, 1.82) is 0 Å². The summed E-state index contributed by atoms with van der Waals surface area (Å²) in [6.45, 7) is 7.85. The number of piperidine rings is 1. The molecule has 1 atom stereocenters. The third kappa shape index (κ3) is 2.84. The van der Waals surface area contributed by atoms with Crippen LogP contribution in [0.4, 0.5) is 0 Å². The zero-order valence-corrected chi connectivity index (χ0v) is 18.4. The predicted molar refractivity (Wildman–Crippen MR) is 116 cm³/mol. The fraction of sp³-hybridized carbons (Fsp3) is 0.391. The molecule has 5 rings (SSSR count). The first-order valence-corrected chi connectivity index (χ1v) is 10.6. The molecule has 164 valence electrons. The quantitative estimate of drug-likeness (QED) is 0.569. The van der Waals surface area contributed by atoms with E-state index >= 15 is 0 Å². The Balaban J connectivity index is 1.61. The van der Waals surface area contributed by atoms with Crippen molar-refractivity contribution in [3.63, 3.8) is 0 Å². The van der Waals surface area contributed by atoms with Gasteiger partial charge in [0.25, 0.3) is 11.8 Å². The third-order valence-corrected chi connectivity index (χ3v) is 7.00. The number of amides is 4. The van der Waals surface area contributed by atoms with Gasteiger partial charge < -0.3 is 9.31 Å². The van der Waals surface area contributed by atoms with Gasteiger partial charge in [0.15, 0.2) is 0 Å². The number of rotatable bonds is 2. The second kappa shape index (κ2) is 6.73. The Labute approximate surface area is 185 Å². The van der Waals surface area contributed by atoms with Crippen molar-refractivity contribution in [2.24, 2.45) is 0 Å². The highest BCUT2D eigenvalue weighted by Gasteiger charge is 2.52. The van der Waals surface area contributed by atoms with Crippen LogP contribution in [0, 0.1) is 0 Å². The Morgan fingerprint density at radius 2 is 1.56 bits per heavy atom. The number of carbonyl (C=O) groups excluding carboxylic acids is 4. The summed E-state index contributed by atoms with van der Waals surface area (Å²) < 4.78 is 12.4. The van der Waals surface area contributed by atoms with E-state index in [1.807, 2.05) is 33.8 Å². The fourth-order valence-corrected chi connectivity index (χ4v) is 4.52. The van der Waals surface area contributed by atoms with E-state index in [-0.39, 0.29) is 12.8 Å². The Kier molecular flexibility index (Phi) is 4.38. The molecule has 1 N–H and O–H groups in total. The molecule has 3 heterocycles. The summed E-state index contributed by atoms with van der Waals surface area (Å²) in [7, 11) is -0.650. The first kappa shape index (κ1) is 20.8. The molecule has 4 amide bonds. The van der Waals surface area contributed by atoms with Gasteiger partial charge in [-0.3, -0.25) is 29.4 Å². The maximum absolute atomic E-state index is 13.4. The van der Waals surface area contributed by atoms with Gasteiger partial charge in [0, 0.05) is 22.9 Å². The lowest BCUT2D eigenvalue weighted by atomic mass is 9.74. The van der Waals surface area contributed by atoms with E-state index in [2.05, 4.69) is 5.32 Å². The lowest BCUT2D eigenvalue weighted by Crippen LogP contribution is -2.57. The van der Waals surface area contributed by atoms with E-state index in [1.165, 1.54) is 0 Å². The maximum Gasteiger partial charge on any atom is 0.495 e. The number of hydrogen-bond donors (Lipinski definition) is 1. The summed E-state index contributed by atoms with van der Waals surface area (Å²) >= 11 is 0. The van der Waals surface area contributed by atoms with E-state index in [9.17, 15) is 19.2 Å². The Bertz CT molecular complexity index is 1180. The molecular formula is C23H23BN2O6. The molecule has 2 fully saturated rings. The van der Waals surface area contributed by atoms with Crippen LogP contribution in [0.15, 0.2) is 30.3 Å². The molecule has 3 aliphatic rings. The van der Waals surface area contributed by atoms with E-state index < -0.39 is 48.0 Å². The highest BCUT2D eigenvalue weighted by Crippen LogP contribution is 2.38. The van der Waals surface area contributed by atoms with Crippen molar-refractivity contribution in [3.05, 3.63) is 41.5 Å². The molecule has 3 aliphatic heterocycles. The molecule has 0 bridgehead atoms. The number of nitrogens with zero attached hydrogens (tertiary/aromatic N) is 1. The molecule has 0 radical (unpaired) electrons. The smallest absolute Gasteiger partial charge is 0.399 e. The molecule has 32 heavy (non-hydrogen) atoms. The fourth-order valence-electron chi connectivity index (χ4n) is 4.52. The van der Waals surface area contributed by atoms with Crippen LogP contribution in [0.25, 0.3) is 10.8 Å². The molecule has 8 nitrogen and oxygen atoms in total. The number of imide groups is 2. The third-order valence-electron chi connectivity index (χ3n) is 7.00. The minimum atomic E-state index is -1.01. The van der Waals surface area contributed by atoms with Crippen molar-refractivity contribution < 1.29 is 28.5 Å². The lowest BCUT2D eigenvalue weighted by molar-refractivity contribution is -0.136. The Morgan fingerprint density at radius 1 is 0.938 bits per heavy atom. The van der Waals surface area contributed by atoms with Crippen molar-refractivity contribution in [3.8, 4) is 0 Å². The van der Waals surface area contributed by atoms with Crippen molar-refractivity contribution in [2.45, 2.75) is 57.8 Å². The van der Waals surface area contributed by atoms with E-state index in [4.69, 9.17) is 9.31 Å². The summed E-state index contributed by atoms with van der Waals surface area (Å²) in [6, 6.07) is 7.64. The molecule has 0 aliphatic carbocycles. The monoisotopic (exact) mass is 434 g/mol. The van der Waals surface area contributed by atoms with Crippen LogP contribution in [0.3, 0.4) is 0 Å². The van der Waals surface area contributed by atoms with Gasteiger partial charge in [-0.05, 0) is 57.1 Å². The summed E-state index contributed by atoms with van der Waals surface area (Å²) in [4.78, 5) is 51.6. The standard InChI is InChI=1S/C23H23BN2O6/c1-22(2)23(3,4)32-24(31-22)15-9-8-14-18-12(15)6-5-7-13(18)20(29)26(21(14)30)16-10-11-17(27)25-19(16)28/h5-9,16H,10-11H2,1-4H3,(H,25,27,28). The summed E-state index contributed by atoms with van der Waals surface area (Å²) in [6.07, 6.45) is 0.185. The van der Waals surface area contributed by atoms with Gasteiger partial charge in [0.1, 0.15) is 6.04 Å². The van der Waals surface area contributed by atoms with Crippen molar-refractivity contribution >= 4 is 47.0 Å². The van der Waals surface area contributed by atoms with Crippen molar-refractivity contribution in [2.75, 3.05) is 0 Å². The molecule has 2 aromatic rings. The van der Waals surface area contributed by atoms with Crippen LogP contribution >= 0.6 is 0 Å². The lowest BCUT2D eigenvalue weighted by Gasteiger charge is -2.34. The summed E-state index contributed by atoms with van der Waals surface area (Å²) in [5.74, 6) is -2.13. The molecule has 0 aromatic heterocycles. The molecule has 0 saturated carbocycles. The second-order valence-corrected chi connectivity index (χ2v) is 9.47. The Hall–Kier alpha value is -3.04. The van der Waals surface area contributed by atoms with Crippen LogP contribution < -0.4 is 10.8 Å². The van der Waals surface area contributed by atoms with Gasteiger partial charge >= 0.3 is 7.12 Å². The van der Waals surface area contributed by atoms with Crippen LogP contribution in [-0.4, -0.2) is 52.9 Å². The van der Waals surface area contributed by atoms with E-state index in [0.29, 0.717) is 21.9 Å². The van der Waals surface area contributed by atoms with Gasteiger partial charge in [-0.2, -0.15) is 0 Å². The molecule has 0 spiro atoms. The highest BCUT2D eigenvalue weighted by atomic mass is 16.7. The first-order chi connectivity index (χ1) is 15.0. The summed E-state index contributed by atoms with van der Waals surface area (Å²) in [5.41, 5.74) is 0.330. The molecule has 2 aromatic carbocycles. The second-order valence-electron chi connectivity index (χ2n) is 9.47. The number of carbonyl (C=O) groups is 4. The maximum atomic E-state index is 13.4. The van der Waals surface area contributed by atoms with E-state index in [1.54, 1.807) is 24.3 Å². The number of hydrogen-bond acceptors (Lipinski definition) is 6. The zero-order chi connectivity index (χ0) is 23.0. The van der Waals surface area contributed by atoms with Crippen molar-refractivity contribution in [1.82, 2.24) is 10.2 Å². The SMILES string of the molecule is CC1(C)OB(c2ccc3c4c(cccc24)C(=O)N(C2CCC(=O)NC2=O)C3=O)OC1(C)C. The number of benzene rings is 2. The van der Waals surface area contributed by atoms with E-state index in [0.717, 1.165) is 10.4 Å². The van der Waals surface area contributed by atoms with Crippen LogP contribution in [-0.2, 0) is 18.9 Å². The van der Waals surface area contributed by atoms with Gasteiger partial charge in [0.2, 0.25) is 11.8 Å². The zero-order valence-electron chi connectivity index (χ0n) is 18.4. The van der Waals surface area contributed by atoms with Crippen LogP contribution in [0.5, 0.6) is 0 Å². The minimum absolute atomic E-state index is 0.0748. The average molecular weight is 434 g/mol. The molecular weight excluding hydrogens is 411 g/mol. The first-order valence-electron chi connectivity index (χ1n) is 10.6. The number of nitrogens with one attached hydrogen (secondary N) is 1. The molecule has 1 unspecified atom stereocenters. The topological polar surface area (TPSA) is 102 Å². The van der Waals surface area contributed by atoms with Gasteiger partial charge in [-0.25, -0.2) is 0 Å². The normalized spacial score (nSPS) is 24.3. The average Bonchev–Trinajstić information content (AvgIpc) is 2.94.